The summed E-state index contributed by atoms with van der Waals surface area (Å²) < 4.78 is 47.4. The molecule has 2 rings (SSSR count). The van der Waals surface area contributed by atoms with Crippen molar-refractivity contribution in [3.63, 3.8) is 0 Å². The predicted octanol–water partition coefficient (Wildman–Crippen LogP) is 3.27. The quantitative estimate of drug-likeness (QED) is 0.396. The second kappa shape index (κ2) is 9.67. The monoisotopic (exact) mass is 449 g/mol. The van der Waals surface area contributed by atoms with Crippen LogP contribution >= 0.6 is 11.3 Å². The van der Waals surface area contributed by atoms with Crippen molar-refractivity contribution in [3.8, 4) is 0 Å². The second-order valence-electron chi connectivity index (χ2n) is 7.02. The van der Waals surface area contributed by atoms with E-state index in [9.17, 15) is 27.6 Å². The van der Waals surface area contributed by atoms with Crippen LogP contribution < -0.4 is 16.4 Å². The minimum absolute atomic E-state index is 0.0737. The van der Waals surface area contributed by atoms with E-state index in [1.54, 1.807) is 12.2 Å². The van der Waals surface area contributed by atoms with Gasteiger partial charge in [0.25, 0.3) is 5.91 Å². The number of nitrogens with one attached hydrogen (secondary N) is 2. The lowest BCUT2D eigenvalue weighted by Gasteiger charge is -2.35. The van der Waals surface area contributed by atoms with Crippen LogP contribution in [-0.2, 0) is 27.2 Å². The van der Waals surface area contributed by atoms with E-state index in [0.29, 0.717) is 31.2 Å². The Bertz CT molecular complexity index is 810. The highest BCUT2D eigenvalue weighted by molar-refractivity contribution is 7.16. The topological polar surface area (TPSA) is 111 Å². The van der Waals surface area contributed by atoms with Gasteiger partial charge in [-0.3, -0.25) is 9.59 Å². The van der Waals surface area contributed by atoms with Crippen molar-refractivity contribution in [1.82, 2.24) is 5.32 Å². The van der Waals surface area contributed by atoms with E-state index in [2.05, 4.69) is 10.1 Å². The van der Waals surface area contributed by atoms with E-state index < -0.39 is 29.6 Å². The molecule has 1 aliphatic carbocycles. The molecule has 1 heterocycles. The molecule has 0 aromatic carbocycles. The van der Waals surface area contributed by atoms with Crippen molar-refractivity contribution in [2.24, 2.45) is 5.73 Å². The maximum Gasteiger partial charge on any atom is 0.441 e. The SMILES string of the molecule is CCCCC(=O)N[C@](Nc1sc2c(c1C(N)=O)CCCC2)(C(=O)OCC)C(F)(F)F. The number of halogens is 3. The third-order valence-electron chi connectivity index (χ3n) is 4.81. The highest BCUT2D eigenvalue weighted by atomic mass is 32.1. The first-order chi connectivity index (χ1) is 14.1. The predicted molar refractivity (Wildman–Crippen MR) is 106 cm³/mol. The summed E-state index contributed by atoms with van der Waals surface area (Å²) in [6, 6.07) is 0. The van der Waals surface area contributed by atoms with Gasteiger partial charge in [0.2, 0.25) is 5.91 Å². The van der Waals surface area contributed by atoms with E-state index in [0.717, 1.165) is 29.1 Å². The fraction of sp³-hybridized carbons (Fsp3) is 0.632. The van der Waals surface area contributed by atoms with Gasteiger partial charge in [-0.1, -0.05) is 13.3 Å². The van der Waals surface area contributed by atoms with Crippen molar-refractivity contribution < 1.29 is 32.3 Å². The number of aryl methyl sites for hydroxylation is 1. The lowest BCUT2D eigenvalue weighted by atomic mass is 9.95. The number of hydrogen-bond donors (Lipinski definition) is 3. The molecule has 0 saturated heterocycles. The highest BCUT2D eigenvalue weighted by Gasteiger charge is 2.64. The molecule has 1 aromatic heterocycles. The Morgan fingerprint density at radius 3 is 2.40 bits per heavy atom. The summed E-state index contributed by atoms with van der Waals surface area (Å²) >= 11 is 0.943. The first kappa shape index (κ1) is 24.0. The Kier molecular flexibility index (Phi) is 7.73. The van der Waals surface area contributed by atoms with Gasteiger partial charge in [0, 0.05) is 11.3 Å². The van der Waals surface area contributed by atoms with Crippen LogP contribution in [0.25, 0.3) is 0 Å². The number of unbranched alkanes of at least 4 members (excludes halogenated alkanes) is 1. The molecule has 0 fully saturated rings. The van der Waals surface area contributed by atoms with Crippen molar-refractivity contribution in [3.05, 3.63) is 16.0 Å². The van der Waals surface area contributed by atoms with Crippen LogP contribution in [0.3, 0.4) is 0 Å². The lowest BCUT2D eigenvalue weighted by molar-refractivity contribution is -0.207. The van der Waals surface area contributed by atoms with Crippen molar-refractivity contribution in [1.29, 1.82) is 0 Å². The molecular weight excluding hydrogens is 423 g/mol. The van der Waals surface area contributed by atoms with Gasteiger partial charge < -0.3 is 21.1 Å². The molecule has 1 atom stereocenters. The van der Waals surface area contributed by atoms with Gasteiger partial charge in [0.1, 0.15) is 5.00 Å². The van der Waals surface area contributed by atoms with Crippen molar-refractivity contribution in [2.45, 2.75) is 70.6 Å². The number of primary amides is 1. The van der Waals surface area contributed by atoms with Gasteiger partial charge in [0.15, 0.2) is 0 Å². The van der Waals surface area contributed by atoms with Crippen molar-refractivity contribution >= 4 is 34.1 Å². The highest BCUT2D eigenvalue weighted by Crippen LogP contribution is 2.42. The third-order valence-corrected chi connectivity index (χ3v) is 6.02. The van der Waals surface area contributed by atoms with Crippen LogP contribution in [0.1, 0.15) is 66.8 Å². The normalized spacial score (nSPS) is 15.6. The number of rotatable bonds is 9. The van der Waals surface area contributed by atoms with Gasteiger partial charge in [-0.05, 0) is 44.6 Å². The first-order valence-corrected chi connectivity index (χ1v) is 10.7. The maximum atomic E-state index is 14.2. The molecule has 2 amide bonds. The molecule has 7 nitrogen and oxygen atoms in total. The zero-order chi connectivity index (χ0) is 22.5. The second-order valence-corrected chi connectivity index (χ2v) is 8.13. The molecule has 0 radical (unpaired) electrons. The van der Waals surface area contributed by atoms with Crippen LogP contribution in [0.15, 0.2) is 0 Å². The molecule has 4 N–H and O–H groups in total. The molecule has 1 aliphatic rings. The van der Waals surface area contributed by atoms with Crippen LogP contribution in [0.4, 0.5) is 18.2 Å². The fourth-order valence-corrected chi connectivity index (χ4v) is 4.67. The van der Waals surface area contributed by atoms with Gasteiger partial charge in [-0.25, -0.2) is 4.79 Å². The average Bonchev–Trinajstić information content (AvgIpc) is 3.02. The van der Waals surface area contributed by atoms with Gasteiger partial charge in [0.05, 0.1) is 12.2 Å². The van der Waals surface area contributed by atoms with Gasteiger partial charge in [-0.2, -0.15) is 13.2 Å². The lowest BCUT2D eigenvalue weighted by Crippen LogP contribution is -2.69. The smallest absolute Gasteiger partial charge is 0.441 e. The summed E-state index contributed by atoms with van der Waals surface area (Å²) in [7, 11) is 0. The number of esters is 1. The largest absolute Gasteiger partial charge is 0.463 e. The number of alkyl halides is 3. The molecule has 168 valence electrons. The summed E-state index contributed by atoms with van der Waals surface area (Å²) in [4.78, 5) is 37.5. The fourth-order valence-electron chi connectivity index (χ4n) is 3.32. The maximum absolute atomic E-state index is 14.2. The number of carbonyl (C=O) groups excluding carboxylic acids is 3. The number of amides is 2. The number of ether oxygens (including phenoxy) is 1. The Labute approximate surface area is 176 Å². The number of anilines is 1. The average molecular weight is 449 g/mol. The molecule has 0 unspecified atom stereocenters. The minimum atomic E-state index is -5.25. The van der Waals surface area contributed by atoms with E-state index in [1.807, 2.05) is 0 Å². The molecule has 0 saturated carbocycles. The molecular formula is C19H26F3N3O4S. The van der Waals surface area contributed by atoms with Gasteiger partial charge in [-0.15, -0.1) is 11.3 Å². The zero-order valence-electron chi connectivity index (χ0n) is 16.9. The summed E-state index contributed by atoms with van der Waals surface area (Å²) in [6.07, 6.45) is -1.79. The van der Waals surface area contributed by atoms with Crippen LogP contribution in [0.5, 0.6) is 0 Å². The molecule has 0 spiro atoms. The summed E-state index contributed by atoms with van der Waals surface area (Å²) in [5, 5.41) is 3.71. The van der Waals surface area contributed by atoms with Crippen LogP contribution in [0.2, 0.25) is 0 Å². The molecule has 0 aliphatic heterocycles. The Morgan fingerprint density at radius 2 is 1.83 bits per heavy atom. The van der Waals surface area contributed by atoms with E-state index >= 15 is 0 Å². The van der Waals surface area contributed by atoms with Crippen LogP contribution in [0, 0.1) is 0 Å². The van der Waals surface area contributed by atoms with E-state index in [-0.39, 0.29) is 23.6 Å². The molecule has 11 heteroatoms. The van der Waals surface area contributed by atoms with Crippen molar-refractivity contribution in [2.75, 3.05) is 11.9 Å². The Balaban J connectivity index is 2.56. The molecule has 0 bridgehead atoms. The molecule has 1 aromatic rings. The Hall–Kier alpha value is -2.30. The van der Waals surface area contributed by atoms with E-state index in [4.69, 9.17) is 5.73 Å². The summed E-state index contributed by atoms with van der Waals surface area (Å²) in [5.74, 6) is -3.56. The third kappa shape index (κ3) is 4.88. The zero-order valence-corrected chi connectivity index (χ0v) is 17.7. The van der Waals surface area contributed by atoms with Crippen LogP contribution in [-0.4, -0.2) is 36.2 Å². The van der Waals surface area contributed by atoms with E-state index in [1.165, 1.54) is 6.92 Å². The molecule has 30 heavy (non-hydrogen) atoms. The summed E-state index contributed by atoms with van der Waals surface area (Å²) in [5.41, 5.74) is 2.44. The number of nitrogens with two attached hydrogens (primary N) is 1. The number of carbonyl (C=O) groups is 3. The van der Waals surface area contributed by atoms with Gasteiger partial charge >= 0.3 is 17.8 Å². The number of thiophene rings is 1. The minimum Gasteiger partial charge on any atom is -0.463 e. The first-order valence-electron chi connectivity index (χ1n) is 9.84. The Morgan fingerprint density at radius 1 is 1.17 bits per heavy atom. The standard InChI is InChI=1S/C19H26F3N3O4S/c1-3-5-10-13(26)24-18(19(20,21)22,17(28)29-4-2)25-16-14(15(23)27)11-8-6-7-9-12(11)30-16/h25H,3-10H2,1-2H3,(H2,23,27)(H,24,26)/t18-/m0/s1. The number of fused-ring (bicyclic) bond motifs is 1. The summed E-state index contributed by atoms with van der Waals surface area (Å²) in [6.45, 7) is 2.81. The number of hydrogen-bond acceptors (Lipinski definition) is 6.